The van der Waals surface area contributed by atoms with Crippen LogP contribution in [0.25, 0.3) is 0 Å². The molecule has 0 heterocycles. The van der Waals surface area contributed by atoms with Gasteiger partial charge in [0.05, 0.1) is 12.3 Å². The molecule has 0 amide bonds. The third-order valence-corrected chi connectivity index (χ3v) is 2.34. The third kappa shape index (κ3) is 8.72. The van der Waals surface area contributed by atoms with E-state index >= 15 is 0 Å². The van der Waals surface area contributed by atoms with Gasteiger partial charge in [-0.05, 0) is 27.2 Å². The molecule has 0 spiro atoms. The van der Waals surface area contributed by atoms with Gasteiger partial charge >= 0.3 is 11.9 Å². The average Bonchev–Trinajstić information content (AvgIpc) is 2.13. The van der Waals surface area contributed by atoms with Crippen LogP contribution in [0.5, 0.6) is 0 Å². The molecular formula is C13H24O4. The minimum atomic E-state index is -0.910. The SMILES string of the molecule is CCCCCC(CC(=O)OC(C)(C)C)C(=O)O. The van der Waals surface area contributed by atoms with Crippen LogP contribution in [-0.2, 0) is 14.3 Å². The fourth-order valence-corrected chi connectivity index (χ4v) is 1.54. The Hall–Kier alpha value is -1.06. The van der Waals surface area contributed by atoms with Gasteiger partial charge in [0.2, 0.25) is 0 Å². The molecule has 1 atom stereocenters. The van der Waals surface area contributed by atoms with Crippen LogP contribution in [0.4, 0.5) is 0 Å². The van der Waals surface area contributed by atoms with E-state index in [1.807, 2.05) is 0 Å². The Labute approximate surface area is 103 Å². The number of unbranched alkanes of at least 4 members (excludes halogenated alkanes) is 2. The fraction of sp³-hybridized carbons (Fsp3) is 0.846. The second-order valence-corrected chi connectivity index (χ2v) is 5.32. The highest BCUT2D eigenvalue weighted by Gasteiger charge is 2.24. The summed E-state index contributed by atoms with van der Waals surface area (Å²) in [5.41, 5.74) is -0.552. The number of hydrogen-bond donors (Lipinski definition) is 1. The predicted octanol–water partition coefficient (Wildman–Crippen LogP) is 3.00. The maximum Gasteiger partial charge on any atom is 0.307 e. The van der Waals surface area contributed by atoms with Crippen LogP contribution in [0.1, 0.15) is 59.8 Å². The van der Waals surface area contributed by atoms with E-state index in [-0.39, 0.29) is 6.42 Å². The Bertz CT molecular complexity index is 253. The van der Waals surface area contributed by atoms with Crippen molar-refractivity contribution in [2.75, 3.05) is 0 Å². The molecule has 1 N–H and O–H groups in total. The second-order valence-electron chi connectivity index (χ2n) is 5.32. The Morgan fingerprint density at radius 1 is 1.24 bits per heavy atom. The lowest BCUT2D eigenvalue weighted by atomic mass is 9.98. The maximum atomic E-state index is 11.5. The molecular weight excluding hydrogens is 220 g/mol. The predicted molar refractivity (Wildman–Crippen MR) is 65.7 cm³/mol. The summed E-state index contributed by atoms with van der Waals surface area (Å²) in [4.78, 5) is 22.5. The van der Waals surface area contributed by atoms with Gasteiger partial charge in [-0.15, -0.1) is 0 Å². The molecule has 17 heavy (non-hydrogen) atoms. The zero-order valence-corrected chi connectivity index (χ0v) is 11.3. The number of rotatable bonds is 7. The van der Waals surface area contributed by atoms with Crippen molar-refractivity contribution in [3.63, 3.8) is 0 Å². The molecule has 0 rings (SSSR count). The molecule has 0 bridgehead atoms. The molecule has 0 aromatic heterocycles. The van der Waals surface area contributed by atoms with E-state index in [1.54, 1.807) is 20.8 Å². The van der Waals surface area contributed by atoms with Gasteiger partial charge in [-0.25, -0.2) is 0 Å². The quantitative estimate of drug-likeness (QED) is 0.552. The van der Waals surface area contributed by atoms with E-state index < -0.39 is 23.5 Å². The van der Waals surface area contributed by atoms with Gasteiger partial charge in [0.25, 0.3) is 0 Å². The average molecular weight is 244 g/mol. The van der Waals surface area contributed by atoms with E-state index in [9.17, 15) is 9.59 Å². The van der Waals surface area contributed by atoms with Gasteiger partial charge in [0.15, 0.2) is 0 Å². The number of carboxylic acids is 1. The van der Waals surface area contributed by atoms with Crippen LogP contribution in [0.15, 0.2) is 0 Å². The topological polar surface area (TPSA) is 63.6 Å². The van der Waals surface area contributed by atoms with E-state index in [2.05, 4.69) is 6.92 Å². The van der Waals surface area contributed by atoms with Crippen LogP contribution in [0, 0.1) is 5.92 Å². The maximum absolute atomic E-state index is 11.5. The Balaban J connectivity index is 4.16. The van der Waals surface area contributed by atoms with Crippen molar-refractivity contribution in [1.29, 1.82) is 0 Å². The number of carbonyl (C=O) groups is 2. The molecule has 0 fully saturated rings. The number of carboxylic acid groups (broad SMARTS) is 1. The Morgan fingerprint density at radius 3 is 2.24 bits per heavy atom. The monoisotopic (exact) mass is 244 g/mol. The molecule has 100 valence electrons. The Kier molecular flexibility index (Phi) is 6.85. The normalized spacial score (nSPS) is 13.2. The molecule has 4 heteroatoms. The van der Waals surface area contributed by atoms with Crippen molar-refractivity contribution >= 4 is 11.9 Å². The van der Waals surface area contributed by atoms with E-state index in [1.165, 1.54) is 0 Å². The second kappa shape index (κ2) is 7.30. The van der Waals surface area contributed by atoms with Crippen molar-refractivity contribution < 1.29 is 19.4 Å². The number of hydrogen-bond acceptors (Lipinski definition) is 3. The van der Waals surface area contributed by atoms with Crippen molar-refractivity contribution in [3.8, 4) is 0 Å². The van der Waals surface area contributed by atoms with Crippen molar-refractivity contribution in [2.24, 2.45) is 5.92 Å². The van der Waals surface area contributed by atoms with E-state index in [0.29, 0.717) is 6.42 Å². The zero-order valence-electron chi connectivity index (χ0n) is 11.3. The minimum absolute atomic E-state index is 0.0314. The first-order chi connectivity index (χ1) is 7.76. The number of aliphatic carboxylic acids is 1. The van der Waals surface area contributed by atoms with Crippen molar-refractivity contribution in [2.45, 2.75) is 65.4 Å². The molecule has 4 nitrogen and oxygen atoms in total. The number of ether oxygens (including phenoxy) is 1. The molecule has 0 aliphatic heterocycles. The molecule has 0 aliphatic rings. The summed E-state index contributed by atoms with van der Waals surface area (Å²) in [6.45, 7) is 7.39. The van der Waals surface area contributed by atoms with Crippen molar-refractivity contribution in [1.82, 2.24) is 0 Å². The minimum Gasteiger partial charge on any atom is -0.481 e. The highest BCUT2D eigenvalue weighted by Crippen LogP contribution is 2.17. The van der Waals surface area contributed by atoms with Crippen LogP contribution < -0.4 is 0 Å². The van der Waals surface area contributed by atoms with Crippen LogP contribution in [-0.4, -0.2) is 22.6 Å². The smallest absolute Gasteiger partial charge is 0.307 e. The number of esters is 1. The van der Waals surface area contributed by atoms with E-state index in [0.717, 1.165) is 19.3 Å². The summed E-state index contributed by atoms with van der Waals surface area (Å²) >= 11 is 0. The summed E-state index contributed by atoms with van der Waals surface area (Å²) in [7, 11) is 0. The first kappa shape index (κ1) is 15.9. The van der Waals surface area contributed by atoms with Crippen LogP contribution in [0.2, 0.25) is 0 Å². The lowest BCUT2D eigenvalue weighted by Gasteiger charge is -2.21. The van der Waals surface area contributed by atoms with Gasteiger partial charge < -0.3 is 9.84 Å². The molecule has 1 unspecified atom stereocenters. The molecule has 0 radical (unpaired) electrons. The first-order valence-electron chi connectivity index (χ1n) is 6.21. The van der Waals surface area contributed by atoms with Gasteiger partial charge in [-0.1, -0.05) is 26.2 Å². The molecule has 0 aromatic rings. The van der Waals surface area contributed by atoms with Gasteiger partial charge in [-0.3, -0.25) is 9.59 Å². The van der Waals surface area contributed by atoms with Gasteiger partial charge in [0, 0.05) is 0 Å². The Morgan fingerprint density at radius 2 is 1.82 bits per heavy atom. The highest BCUT2D eigenvalue weighted by molar-refractivity contribution is 5.78. The molecule has 0 saturated carbocycles. The molecule has 0 aromatic carbocycles. The molecule has 0 aliphatic carbocycles. The van der Waals surface area contributed by atoms with Crippen LogP contribution >= 0.6 is 0 Å². The number of carbonyl (C=O) groups excluding carboxylic acids is 1. The fourth-order valence-electron chi connectivity index (χ4n) is 1.54. The lowest BCUT2D eigenvalue weighted by Crippen LogP contribution is -2.27. The summed E-state index contributed by atoms with van der Waals surface area (Å²) in [5, 5.41) is 9.01. The lowest BCUT2D eigenvalue weighted by molar-refractivity contribution is -0.160. The summed E-state index contributed by atoms with van der Waals surface area (Å²) in [6, 6.07) is 0. The van der Waals surface area contributed by atoms with Crippen LogP contribution in [0.3, 0.4) is 0 Å². The van der Waals surface area contributed by atoms with Gasteiger partial charge in [0.1, 0.15) is 5.60 Å². The standard InChI is InChI=1S/C13H24O4/c1-5-6-7-8-10(12(15)16)9-11(14)17-13(2,3)4/h10H,5-9H2,1-4H3,(H,15,16). The zero-order chi connectivity index (χ0) is 13.5. The summed E-state index contributed by atoms with van der Waals surface area (Å²) in [6.07, 6.45) is 3.39. The first-order valence-corrected chi connectivity index (χ1v) is 6.21. The highest BCUT2D eigenvalue weighted by atomic mass is 16.6. The summed E-state index contributed by atoms with van der Waals surface area (Å²) < 4.78 is 5.12. The molecule has 0 saturated heterocycles. The summed E-state index contributed by atoms with van der Waals surface area (Å²) in [5.74, 6) is -1.95. The van der Waals surface area contributed by atoms with Crippen molar-refractivity contribution in [3.05, 3.63) is 0 Å². The van der Waals surface area contributed by atoms with E-state index in [4.69, 9.17) is 9.84 Å². The largest absolute Gasteiger partial charge is 0.481 e. The third-order valence-electron chi connectivity index (χ3n) is 2.34. The van der Waals surface area contributed by atoms with Gasteiger partial charge in [-0.2, -0.15) is 0 Å².